The first-order chi connectivity index (χ1) is 26.9. The average Bonchev–Trinajstić information content (AvgIpc) is 4.08. The predicted octanol–water partition coefficient (Wildman–Crippen LogP) is 12.8. The van der Waals surface area contributed by atoms with Crippen LogP contribution in [0.2, 0.25) is 0 Å². The van der Waals surface area contributed by atoms with Crippen LogP contribution in [-0.4, -0.2) is 40.2 Å². The lowest BCUT2D eigenvalue weighted by atomic mass is 9.71. The molecule has 2 aliphatic heterocycles. The Kier molecular flexibility index (Phi) is 11.3. The lowest BCUT2D eigenvalue weighted by molar-refractivity contribution is 0.0802. The van der Waals surface area contributed by atoms with Crippen LogP contribution in [0.3, 0.4) is 0 Å². The minimum absolute atomic E-state index is 0.0411. The van der Waals surface area contributed by atoms with Gasteiger partial charge in [-0.15, -0.1) is 10.2 Å². The van der Waals surface area contributed by atoms with Crippen molar-refractivity contribution in [1.29, 1.82) is 0 Å². The molecule has 308 valence electrons. The van der Waals surface area contributed by atoms with Crippen molar-refractivity contribution in [2.75, 3.05) is 0 Å². The molecular weight excluding hydrogens is 709 g/mol. The molecule has 1 aromatic heterocycles. The Bertz CT molecular complexity index is 1980. The molecule has 1 aromatic carbocycles. The standard InChI is InChI=1S/C50H68N2O5/c1-13-47(8,9)37-19-16-35(28-46(6,7)29-37)45-52-51-44(56-45)34-17-23-39(24-18-34)55-41-27-22-38(30-50(31-41,42-32(4)53-42)43-33(5)54-43)48(10,11)36-20-25-40(26-21-36)57-49(12,14-2)15-3/h16-17,19-21,23,25-26,30-33,42-43H,13-15,18,22,24,27-29H2,1-12H3. The topological polar surface area (TPSA) is 82.4 Å². The van der Waals surface area contributed by atoms with Crippen molar-refractivity contribution >= 4 is 11.1 Å². The molecule has 2 fully saturated rings. The summed E-state index contributed by atoms with van der Waals surface area (Å²) in [7, 11) is 0. The third-order valence-corrected chi connectivity index (χ3v) is 14.0. The number of aromatic nitrogens is 2. The van der Waals surface area contributed by atoms with E-state index in [9.17, 15) is 0 Å². The fourth-order valence-electron chi connectivity index (χ4n) is 9.10. The molecule has 7 nitrogen and oxygen atoms in total. The van der Waals surface area contributed by atoms with Crippen molar-refractivity contribution in [3.63, 3.8) is 0 Å². The maximum absolute atomic E-state index is 6.85. The number of benzene rings is 1. The van der Waals surface area contributed by atoms with Gasteiger partial charge in [-0.2, -0.15) is 0 Å². The molecule has 2 saturated heterocycles. The van der Waals surface area contributed by atoms with Crippen molar-refractivity contribution in [2.24, 2.45) is 16.2 Å². The summed E-state index contributed by atoms with van der Waals surface area (Å²) in [6.45, 7) is 27.2. The number of hydrogen-bond donors (Lipinski definition) is 0. The molecule has 0 spiro atoms. The number of rotatable bonds is 14. The molecule has 7 heteroatoms. The first kappa shape index (κ1) is 41.5. The monoisotopic (exact) mass is 777 g/mol. The summed E-state index contributed by atoms with van der Waals surface area (Å²) in [5.41, 5.74) is 5.74. The zero-order valence-corrected chi connectivity index (χ0v) is 36.9. The van der Waals surface area contributed by atoms with Crippen LogP contribution in [0.15, 0.2) is 87.8 Å². The van der Waals surface area contributed by atoms with E-state index in [0.29, 0.717) is 11.8 Å². The number of nitrogens with zero attached hydrogens (tertiary/aromatic N) is 2. The zero-order chi connectivity index (χ0) is 41.0. The van der Waals surface area contributed by atoms with Crippen LogP contribution in [0.1, 0.15) is 158 Å². The van der Waals surface area contributed by atoms with Gasteiger partial charge in [0.25, 0.3) is 0 Å². The normalized spacial score (nSPS) is 27.8. The van der Waals surface area contributed by atoms with Crippen LogP contribution in [0.4, 0.5) is 0 Å². The van der Waals surface area contributed by atoms with Gasteiger partial charge in [-0.3, -0.25) is 0 Å². The molecule has 3 aliphatic carbocycles. The van der Waals surface area contributed by atoms with Crippen LogP contribution < -0.4 is 4.74 Å². The van der Waals surface area contributed by atoms with Gasteiger partial charge < -0.3 is 23.4 Å². The minimum Gasteiger partial charge on any atom is -0.488 e. The maximum Gasteiger partial charge on any atom is 0.244 e. The number of ether oxygens (including phenoxy) is 4. The number of hydrogen-bond acceptors (Lipinski definition) is 7. The Labute approximate surface area is 342 Å². The smallest absolute Gasteiger partial charge is 0.244 e. The van der Waals surface area contributed by atoms with Crippen molar-refractivity contribution in [1.82, 2.24) is 10.2 Å². The van der Waals surface area contributed by atoms with E-state index in [-0.39, 0.29) is 46.3 Å². The van der Waals surface area contributed by atoms with Crippen LogP contribution >= 0.6 is 0 Å². The minimum atomic E-state index is -0.412. The van der Waals surface area contributed by atoms with E-state index in [1.54, 1.807) is 0 Å². The summed E-state index contributed by atoms with van der Waals surface area (Å²) in [5, 5.41) is 9.08. The lowest BCUT2D eigenvalue weighted by Crippen LogP contribution is -2.34. The summed E-state index contributed by atoms with van der Waals surface area (Å²) < 4.78 is 32.3. The van der Waals surface area contributed by atoms with Gasteiger partial charge in [0, 0.05) is 29.4 Å². The van der Waals surface area contributed by atoms with E-state index in [1.807, 2.05) is 0 Å². The molecule has 2 aromatic rings. The largest absolute Gasteiger partial charge is 0.488 e. The van der Waals surface area contributed by atoms with Gasteiger partial charge in [0.15, 0.2) is 0 Å². The van der Waals surface area contributed by atoms with Crippen LogP contribution in [-0.2, 0) is 19.6 Å². The molecule has 0 bridgehead atoms. The molecule has 0 saturated carbocycles. The Morgan fingerprint density at radius 3 is 1.84 bits per heavy atom. The molecule has 4 unspecified atom stereocenters. The summed E-state index contributed by atoms with van der Waals surface area (Å²) >= 11 is 0. The van der Waals surface area contributed by atoms with Crippen molar-refractivity contribution < 1.29 is 23.4 Å². The van der Waals surface area contributed by atoms with Gasteiger partial charge in [-0.25, -0.2) is 0 Å². The summed E-state index contributed by atoms with van der Waals surface area (Å²) in [6, 6.07) is 8.76. The second kappa shape index (κ2) is 15.5. The van der Waals surface area contributed by atoms with Crippen LogP contribution in [0.5, 0.6) is 5.75 Å². The molecule has 0 radical (unpaired) electrons. The quantitative estimate of drug-likeness (QED) is 0.140. The van der Waals surface area contributed by atoms with E-state index in [1.165, 1.54) is 16.7 Å². The SMILES string of the molecule is CCC(C)(CC)Oc1ccc(C(C)(C)C2=CC(C3OC3C)(C3OC3C)C=C(OC3=CC=C(c4nnc(C5=CC=C(C(C)(C)CC)CC(C)(C)C5)o4)CC3)CC2)cc1. The molecule has 7 rings (SSSR count). The summed E-state index contributed by atoms with van der Waals surface area (Å²) in [6.07, 6.45) is 22.1. The van der Waals surface area contributed by atoms with Gasteiger partial charge in [-0.1, -0.05) is 110 Å². The van der Waals surface area contributed by atoms with E-state index in [4.69, 9.17) is 23.4 Å². The number of allylic oxidation sites excluding steroid dienone is 10. The van der Waals surface area contributed by atoms with Crippen molar-refractivity contribution in [3.8, 4) is 5.75 Å². The third kappa shape index (κ3) is 8.71. The van der Waals surface area contributed by atoms with E-state index < -0.39 is 5.41 Å². The van der Waals surface area contributed by atoms with E-state index >= 15 is 0 Å². The Hall–Kier alpha value is -3.68. The Balaban J connectivity index is 1.10. The summed E-state index contributed by atoms with van der Waals surface area (Å²) in [4.78, 5) is 0. The second-order valence-corrected chi connectivity index (χ2v) is 19.7. The Morgan fingerprint density at radius 1 is 0.684 bits per heavy atom. The average molecular weight is 777 g/mol. The van der Waals surface area contributed by atoms with Crippen LogP contribution in [0, 0.1) is 16.2 Å². The fraction of sp³-hybridized carbons (Fsp3) is 0.600. The first-order valence-electron chi connectivity index (χ1n) is 21.8. The zero-order valence-electron chi connectivity index (χ0n) is 36.9. The first-order valence-corrected chi connectivity index (χ1v) is 21.8. The van der Waals surface area contributed by atoms with Gasteiger partial charge in [-0.05, 0) is 106 Å². The van der Waals surface area contributed by atoms with E-state index in [0.717, 1.165) is 86.2 Å². The molecular formula is C50H68N2O5. The van der Waals surface area contributed by atoms with Gasteiger partial charge >= 0.3 is 0 Å². The van der Waals surface area contributed by atoms with Crippen molar-refractivity contribution in [2.45, 2.75) is 176 Å². The maximum atomic E-state index is 6.85. The Morgan fingerprint density at radius 2 is 1.28 bits per heavy atom. The van der Waals surface area contributed by atoms with Gasteiger partial charge in [0.2, 0.25) is 11.8 Å². The second-order valence-electron chi connectivity index (χ2n) is 19.7. The van der Waals surface area contributed by atoms with Crippen molar-refractivity contribution in [3.05, 3.63) is 101 Å². The highest BCUT2D eigenvalue weighted by atomic mass is 16.6. The highest BCUT2D eigenvalue weighted by Gasteiger charge is 2.62. The highest BCUT2D eigenvalue weighted by Crippen LogP contribution is 2.55. The molecule has 0 amide bonds. The van der Waals surface area contributed by atoms with Crippen LogP contribution in [0.25, 0.3) is 11.1 Å². The molecule has 5 aliphatic rings. The molecule has 0 N–H and O–H groups in total. The van der Waals surface area contributed by atoms with E-state index in [2.05, 4.69) is 154 Å². The summed E-state index contributed by atoms with van der Waals surface area (Å²) in [5.74, 6) is 4.06. The fourth-order valence-corrected chi connectivity index (χ4v) is 9.10. The molecule has 57 heavy (non-hydrogen) atoms. The molecule has 4 atom stereocenters. The van der Waals surface area contributed by atoms with Gasteiger partial charge in [0.05, 0.1) is 29.8 Å². The van der Waals surface area contributed by atoms with Gasteiger partial charge in [0.1, 0.15) is 22.9 Å². The predicted molar refractivity (Wildman–Crippen MR) is 229 cm³/mol. The highest BCUT2D eigenvalue weighted by molar-refractivity contribution is 5.66. The lowest BCUT2D eigenvalue weighted by Gasteiger charge is -2.33. The molecule has 3 heterocycles. The number of epoxide rings is 2. The third-order valence-electron chi connectivity index (χ3n) is 14.0.